The van der Waals surface area contributed by atoms with Gasteiger partial charge in [-0.2, -0.15) is 0 Å². The minimum atomic E-state index is -0.430. The number of non-ortho nitro benzene ring substituents is 1. The third-order valence-corrected chi connectivity index (χ3v) is 5.43. The summed E-state index contributed by atoms with van der Waals surface area (Å²) in [5.74, 6) is -0.430. The normalized spacial score (nSPS) is 17.6. The Morgan fingerprint density at radius 2 is 1.96 bits per heavy atom. The minimum absolute atomic E-state index is 0.0269. The van der Waals surface area contributed by atoms with E-state index >= 15 is 0 Å². The van der Waals surface area contributed by atoms with Crippen LogP contribution in [-0.4, -0.2) is 23.2 Å². The maximum Gasteiger partial charge on any atom is 0.331 e. The standard InChI is InChI=1S/C20H18N2O4S/c1-3-26-19(23)12-16-13(2)21-17-6-4-5-7-18(17)27-20(16)14-8-10-15(11-9-14)22(24)25/h4-12,20H,3H2,1-2H3. The molecule has 0 aliphatic carbocycles. The highest BCUT2D eigenvalue weighted by molar-refractivity contribution is 8.00. The molecule has 1 aliphatic rings. The number of nitro groups is 1. The second kappa shape index (κ2) is 8.18. The van der Waals surface area contributed by atoms with Crippen LogP contribution in [0, 0.1) is 10.1 Å². The number of carbonyl (C=O) groups is 1. The van der Waals surface area contributed by atoms with E-state index in [2.05, 4.69) is 4.99 Å². The van der Waals surface area contributed by atoms with Crippen LogP contribution in [0.4, 0.5) is 11.4 Å². The zero-order chi connectivity index (χ0) is 19.4. The number of nitro benzene ring substituents is 1. The van der Waals surface area contributed by atoms with Crippen molar-refractivity contribution in [2.24, 2.45) is 4.99 Å². The first kappa shape index (κ1) is 18.8. The molecule has 3 rings (SSSR count). The van der Waals surface area contributed by atoms with Gasteiger partial charge in [0.1, 0.15) is 0 Å². The molecule has 2 aromatic rings. The van der Waals surface area contributed by atoms with Crippen LogP contribution in [0.2, 0.25) is 0 Å². The molecule has 0 saturated carbocycles. The number of hydrogen-bond acceptors (Lipinski definition) is 6. The zero-order valence-electron chi connectivity index (χ0n) is 14.9. The van der Waals surface area contributed by atoms with Crippen LogP contribution < -0.4 is 0 Å². The molecule has 0 N–H and O–H groups in total. The summed E-state index contributed by atoms with van der Waals surface area (Å²) in [6, 6.07) is 14.1. The van der Waals surface area contributed by atoms with Crippen LogP contribution in [0.1, 0.15) is 24.7 Å². The van der Waals surface area contributed by atoms with E-state index in [0.29, 0.717) is 5.71 Å². The summed E-state index contributed by atoms with van der Waals surface area (Å²) in [7, 11) is 0. The molecule has 0 fully saturated rings. The van der Waals surface area contributed by atoms with Gasteiger partial charge in [-0.1, -0.05) is 24.3 Å². The fourth-order valence-electron chi connectivity index (χ4n) is 2.78. The monoisotopic (exact) mass is 382 g/mol. The number of hydrogen-bond donors (Lipinski definition) is 0. The smallest absolute Gasteiger partial charge is 0.331 e. The third-order valence-electron chi connectivity index (χ3n) is 4.07. The lowest BCUT2D eigenvalue weighted by molar-refractivity contribution is -0.384. The van der Waals surface area contributed by atoms with Gasteiger partial charge in [0.2, 0.25) is 0 Å². The highest BCUT2D eigenvalue weighted by Crippen LogP contribution is 2.47. The predicted octanol–water partition coefficient (Wildman–Crippen LogP) is 5.02. The van der Waals surface area contributed by atoms with E-state index in [9.17, 15) is 14.9 Å². The molecule has 7 heteroatoms. The number of rotatable bonds is 4. The van der Waals surface area contributed by atoms with Crippen molar-refractivity contribution in [1.82, 2.24) is 0 Å². The summed E-state index contributed by atoms with van der Waals surface area (Å²) in [6.07, 6.45) is 1.47. The largest absolute Gasteiger partial charge is 0.463 e. The van der Waals surface area contributed by atoms with E-state index in [0.717, 1.165) is 21.7 Å². The molecular weight excluding hydrogens is 364 g/mol. The van der Waals surface area contributed by atoms with Gasteiger partial charge in [0.15, 0.2) is 0 Å². The summed E-state index contributed by atoms with van der Waals surface area (Å²) < 4.78 is 5.08. The first-order valence-electron chi connectivity index (χ1n) is 8.43. The number of esters is 1. The topological polar surface area (TPSA) is 81.8 Å². The van der Waals surface area contributed by atoms with E-state index < -0.39 is 10.9 Å². The van der Waals surface area contributed by atoms with E-state index in [4.69, 9.17) is 4.74 Å². The van der Waals surface area contributed by atoms with Gasteiger partial charge < -0.3 is 4.74 Å². The van der Waals surface area contributed by atoms with Crippen molar-refractivity contribution in [3.05, 3.63) is 75.9 Å². The predicted molar refractivity (Wildman–Crippen MR) is 106 cm³/mol. The average Bonchev–Trinajstić information content (AvgIpc) is 2.79. The van der Waals surface area contributed by atoms with E-state index in [1.807, 2.05) is 31.2 Å². The van der Waals surface area contributed by atoms with E-state index in [-0.39, 0.29) is 17.5 Å². The van der Waals surface area contributed by atoms with Crippen molar-refractivity contribution in [2.45, 2.75) is 24.0 Å². The highest BCUT2D eigenvalue weighted by Gasteiger charge is 2.26. The lowest BCUT2D eigenvalue weighted by Gasteiger charge is -2.18. The van der Waals surface area contributed by atoms with Gasteiger partial charge in [0.25, 0.3) is 5.69 Å². The number of ether oxygens (including phenoxy) is 1. The lowest BCUT2D eigenvalue weighted by atomic mass is 10.00. The zero-order valence-corrected chi connectivity index (χ0v) is 15.7. The Morgan fingerprint density at radius 1 is 1.26 bits per heavy atom. The maximum absolute atomic E-state index is 12.1. The van der Waals surface area contributed by atoms with Crippen LogP contribution in [-0.2, 0) is 9.53 Å². The molecule has 0 radical (unpaired) electrons. The van der Waals surface area contributed by atoms with Crippen molar-refractivity contribution in [3.63, 3.8) is 0 Å². The molecule has 0 amide bonds. The molecule has 0 bridgehead atoms. The fraction of sp³-hybridized carbons (Fsp3) is 0.200. The van der Waals surface area contributed by atoms with Gasteiger partial charge in [0.05, 0.1) is 22.5 Å². The van der Waals surface area contributed by atoms with Gasteiger partial charge in [-0.05, 0) is 37.1 Å². The molecule has 1 heterocycles. The number of aliphatic imine (C=N–C) groups is 1. The maximum atomic E-state index is 12.1. The molecule has 1 atom stereocenters. The first-order valence-corrected chi connectivity index (χ1v) is 9.31. The number of fused-ring (bicyclic) bond motifs is 1. The minimum Gasteiger partial charge on any atom is -0.463 e. The second-order valence-electron chi connectivity index (χ2n) is 5.86. The molecule has 0 saturated heterocycles. The van der Waals surface area contributed by atoms with Crippen LogP contribution in [0.15, 0.2) is 70.1 Å². The lowest BCUT2D eigenvalue weighted by Crippen LogP contribution is -2.10. The van der Waals surface area contributed by atoms with Crippen molar-refractivity contribution >= 4 is 34.8 Å². The van der Waals surface area contributed by atoms with Crippen LogP contribution in [0.5, 0.6) is 0 Å². The van der Waals surface area contributed by atoms with E-state index in [1.54, 1.807) is 30.8 Å². The van der Waals surface area contributed by atoms with Crippen molar-refractivity contribution in [1.29, 1.82) is 0 Å². The van der Waals surface area contributed by atoms with Crippen LogP contribution in [0.3, 0.4) is 0 Å². The molecule has 138 valence electrons. The molecule has 6 nitrogen and oxygen atoms in total. The number of para-hydroxylation sites is 1. The van der Waals surface area contributed by atoms with Gasteiger partial charge in [0, 0.05) is 28.8 Å². The van der Waals surface area contributed by atoms with Gasteiger partial charge >= 0.3 is 5.97 Å². The summed E-state index contributed by atoms with van der Waals surface area (Å²) in [6.45, 7) is 3.89. The number of nitrogens with zero attached hydrogens (tertiary/aromatic N) is 2. The number of thioether (sulfide) groups is 1. The Bertz CT molecular complexity index is 935. The van der Waals surface area contributed by atoms with Crippen molar-refractivity contribution in [2.75, 3.05) is 6.61 Å². The van der Waals surface area contributed by atoms with Gasteiger partial charge in [-0.3, -0.25) is 15.1 Å². The molecule has 1 unspecified atom stereocenters. The quantitative estimate of drug-likeness (QED) is 0.321. The Labute approximate surface area is 161 Å². The van der Waals surface area contributed by atoms with Gasteiger partial charge in [-0.25, -0.2) is 4.79 Å². The molecule has 27 heavy (non-hydrogen) atoms. The Balaban J connectivity index is 2.09. The van der Waals surface area contributed by atoms with Crippen LogP contribution in [0.25, 0.3) is 0 Å². The summed E-state index contributed by atoms with van der Waals surface area (Å²) >= 11 is 1.56. The molecule has 0 spiro atoms. The fourth-order valence-corrected chi connectivity index (χ4v) is 4.09. The highest BCUT2D eigenvalue weighted by atomic mass is 32.2. The number of benzene rings is 2. The molecular formula is C20H18N2O4S. The average molecular weight is 382 g/mol. The number of carbonyl (C=O) groups excluding carboxylic acids is 1. The first-order chi connectivity index (χ1) is 13.0. The summed E-state index contributed by atoms with van der Waals surface area (Å²) in [4.78, 5) is 28.3. The molecule has 0 aromatic heterocycles. The third kappa shape index (κ3) is 4.25. The van der Waals surface area contributed by atoms with Gasteiger partial charge in [-0.15, -0.1) is 11.8 Å². The molecule has 2 aromatic carbocycles. The Morgan fingerprint density at radius 3 is 2.63 bits per heavy atom. The van der Waals surface area contributed by atoms with E-state index in [1.165, 1.54) is 18.2 Å². The van der Waals surface area contributed by atoms with Crippen molar-refractivity contribution < 1.29 is 14.5 Å². The Hall–Kier alpha value is -2.93. The summed E-state index contributed by atoms with van der Waals surface area (Å²) in [5, 5.41) is 10.7. The second-order valence-corrected chi connectivity index (χ2v) is 7.01. The Kier molecular flexibility index (Phi) is 5.71. The van der Waals surface area contributed by atoms with Crippen LogP contribution >= 0.6 is 11.8 Å². The summed E-state index contributed by atoms with van der Waals surface area (Å²) in [5.41, 5.74) is 3.15. The van der Waals surface area contributed by atoms with Crippen molar-refractivity contribution in [3.8, 4) is 0 Å². The molecule has 1 aliphatic heterocycles. The SMILES string of the molecule is CCOC(=O)C=C1C(C)=Nc2ccccc2SC1c1ccc([N+](=O)[O-])cc1.